The lowest BCUT2D eigenvalue weighted by Gasteiger charge is -2.33. The van der Waals surface area contributed by atoms with Gasteiger partial charge in [0.05, 0.1) is 12.2 Å². The van der Waals surface area contributed by atoms with Crippen LogP contribution >= 0.6 is 0 Å². The van der Waals surface area contributed by atoms with E-state index in [1.807, 2.05) is 0 Å². The van der Waals surface area contributed by atoms with Crippen LogP contribution in [0, 0.1) is 11.3 Å². The second kappa shape index (κ2) is 8.61. The Morgan fingerprint density at radius 3 is 2.80 bits per heavy atom. The van der Waals surface area contributed by atoms with Crippen molar-refractivity contribution in [1.29, 1.82) is 5.26 Å². The zero-order valence-corrected chi connectivity index (χ0v) is 13.6. The van der Waals surface area contributed by atoms with Crippen molar-refractivity contribution >= 4 is 0 Å². The number of rotatable bonds is 8. The minimum atomic E-state index is -0.357. The Bertz CT molecular complexity index is 313. The topological polar surface area (TPSA) is 48.3 Å². The highest BCUT2D eigenvalue weighted by molar-refractivity contribution is 5.06. The average Bonchev–Trinajstić information content (AvgIpc) is 2.46. The standard InChI is InChI=1S/C16H31N3O/c1-5-16(13-17,18-14(2)3)9-7-11-19-10-6-8-15(12-19)20-4/h14-15,18H,5-12H2,1-4H3. The van der Waals surface area contributed by atoms with Crippen LogP contribution in [0.1, 0.15) is 52.9 Å². The van der Waals surface area contributed by atoms with Gasteiger partial charge in [-0.2, -0.15) is 5.26 Å². The number of likely N-dealkylation sites (tertiary alicyclic amines) is 1. The summed E-state index contributed by atoms with van der Waals surface area (Å²) in [6.45, 7) is 9.59. The Morgan fingerprint density at radius 2 is 2.25 bits per heavy atom. The van der Waals surface area contributed by atoms with E-state index in [0.29, 0.717) is 12.1 Å². The van der Waals surface area contributed by atoms with E-state index in [0.717, 1.165) is 32.4 Å². The Hall–Kier alpha value is -0.630. The number of nitrogens with one attached hydrogen (secondary N) is 1. The minimum absolute atomic E-state index is 0.349. The predicted octanol–water partition coefficient (Wildman–Crippen LogP) is 2.55. The van der Waals surface area contributed by atoms with Crippen LogP contribution in [-0.2, 0) is 4.74 Å². The van der Waals surface area contributed by atoms with E-state index in [1.54, 1.807) is 7.11 Å². The number of hydrogen-bond acceptors (Lipinski definition) is 4. The molecule has 1 saturated heterocycles. The van der Waals surface area contributed by atoms with Crippen molar-refractivity contribution < 1.29 is 4.74 Å². The van der Waals surface area contributed by atoms with Crippen LogP contribution in [-0.4, -0.2) is 49.3 Å². The first kappa shape index (κ1) is 17.4. The molecule has 20 heavy (non-hydrogen) atoms. The number of hydrogen-bond donors (Lipinski definition) is 1. The molecular formula is C16H31N3O. The SMILES string of the molecule is CCC(C#N)(CCCN1CCCC(OC)C1)NC(C)C. The molecule has 0 aliphatic carbocycles. The summed E-state index contributed by atoms with van der Waals surface area (Å²) in [5, 5.41) is 12.9. The number of methoxy groups -OCH3 is 1. The van der Waals surface area contributed by atoms with Gasteiger partial charge < -0.3 is 9.64 Å². The molecule has 116 valence electrons. The maximum absolute atomic E-state index is 9.50. The summed E-state index contributed by atoms with van der Waals surface area (Å²) in [5.74, 6) is 0. The van der Waals surface area contributed by atoms with E-state index in [9.17, 15) is 5.26 Å². The van der Waals surface area contributed by atoms with Crippen LogP contribution in [0.5, 0.6) is 0 Å². The molecule has 0 aromatic heterocycles. The van der Waals surface area contributed by atoms with Crippen LogP contribution in [0.4, 0.5) is 0 Å². The molecule has 1 rings (SSSR count). The number of ether oxygens (including phenoxy) is 1. The van der Waals surface area contributed by atoms with Crippen molar-refractivity contribution in [3.63, 3.8) is 0 Å². The molecule has 0 saturated carbocycles. The van der Waals surface area contributed by atoms with Crippen LogP contribution in [0.25, 0.3) is 0 Å². The predicted molar refractivity (Wildman–Crippen MR) is 82.6 cm³/mol. The molecule has 2 atom stereocenters. The monoisotopic (exact) mass is 281 g/mol. The second-order valence-electron chi connectivity index (χ2n) is 6.25. The minimum Gasteiger partial charge on any atom is -0.380 e. The molecular weight excluding hydrogens is 250 g/mol. The van der Waals surface area contributed by atoms with Crippen molar-refractivity contribution in [3.05, 3.63) is 0 Å². The van der Waals surface area contributed by atoms with Crippen molar-refractivity contribution in [1.82, 2.24) is 10.2 Å². The highest BCUT2D eigenvalue weighted by atomic mass is 16.5. The van der Waals surface area contributed by atoms with Gasteiger partial charge in [-0.3, -0.25) is 5.32 Å². The summed E-state index contributed by atoms with van der Waals surface area (Å²) in [6, 6.07) is 2.85. The summed E-state index contributed by atoms with van der Waals surface area (Å²) < 4.78 is 5.46. The number of nitrogens with zero attached hydrogens (tertiary/aromatic N) is 2. The van der Waals surface area contributed by atoms with Gasteiger partial charge >= 0.3 is 0 Å². The quantitative estimate of drug-likeness (QED) is 0.743. The zero-order chi connectivity index (χ0) is 15.0. The summed E-state index contributed by atoms with van der Waals surface area (Å²) in [6.07, 6.45) is 5.65. The van der Waals surface area contributed by atoms with Gasteiger partial charge in [0.2, 0.25) is 0 Å². The average molecular weight is 281 g/mol. The smallest absolute Gasteiger partial charge is 0.106 e. The lowest BCUT2D eigenvalue weighted by atomic mass is 9.91. The molecule has 1 aliphatic rings. The van der Waals surface area contributed by atoms with E-state index < -0.39 is 0 Å². The molecule has 0 aromatic rings. The Labute approximate surface area is 124 Å². The maximum atomic E-state index is 9.50. The van der Waals surface area contributed by atoms with E-state index in [-0.39, 0.29) is 5.54 Å². The van der Waals surface area contributed by atoms with E-state index in [4.69, 9.17) is 4.74 Å². The van der Waals surface area contributed by atoms with Crippen LogP contribution in [0.3, 0.4) is 0 Å². The number of piperidine rings is 1. The van der Waals surface area contributed by atoms with Crippen molar-refractivity contribution in [2.45, 2.75) is 70.6 Å². The van der Waals surface area contributed by atoms with Gasteiger partial charge in [0.25, 0.3) is 0 Å². The van der Waals surface area contributed by atoms with Crippen LogP contribution in [0.15, 0.2) is 0 Å². The first-order chi connectivity index (χ1) is 9.55. The molecule has 0 amide bonds. The second-order valence-corrected chi connectivity index (χ2v) is 6.25. The third-order valence-electron chi connectivity index (χ3n) is 4.26. The molecule has 0 spiro atoms. The third-order valence-corrected chi connectivity index (χ3v) is 4.26. The highest BCUT2D eigenvalue weighted by Gasteiger charge is 2.28. The van der Waals surface area contributed by atoms with Crippen molar-refractivity contribution in [3.8, 4) is 6.07 Å². The van der Waals surface area contributed by atoms with Gasteiger partial charge in [-0.25, -0.2) is 0 Å². The molecule has 0 aromatic carbocycles. The highest BCUT2D eigenvalue weighted by Crippen LogP contribution is 2.19. The normalized spacial score (nSPS) is 23.5. The fraction of sp³-hybridized carbons (Fsp3) is 0.938. The molecule has 1 aliphatic heterocycles. The maximum Gasteiger partial charge on any atom is 0.106 e. The third kappa shape index (κ3) is 5.40. The van der Waals surface area contributed by atoms with Crippen LogP contribution < -0.4 is 5.32 Å². The summed E-state index contributed by atoms with van der Waals surface area (Å²) in [5.41, 5.74) is -0.357. The fourth-order valence-corrected chi connectivity index (χ4v) is 3.08. The lowest BCUT2D eigenvalue weighted by molar-refractivity contribution is 0.0304. The molecule has 4 heteroatoms. The van der Waals surface area contributed by atoms with E-state index in [1.165, 1.54) is 19.4 Å². The van der Waals surface area contributed by atoms with Crippen molar-refractivity contribution in [2.24, 2.45) is 0 Å². The molecule has 0 bridgehead atoms. The first-order valence-electron chi connectivity index (χ1n) is 7.99. The molecule has 4 nitrogen and oxygen atoms in total. The van der Waals surface area contributed by atoms with Gasteiger partial charge in [0, 0.05) is 19.7 Å². The van der Waals surface area contributed by atoms with Gasteiger partial charge in [0.15, 0.2) is 0 Å². The van der Waals surface area contributed by atoms with Crippen LogP contribution in [0.2, 0.25) is 0 Å². The zero-order valence-electron chi connectivity index (χ0n) is 13.6. The molecule has 1 heterocycles. The summed E-state index contributed by atoms with van der Waals surface area (Å²) in [4.78, 5) is 2.48. The largest absolute Gasteiger partial charge is 0.380 e. The Morgan fingerprint density at radius 1 is 1.50 bits per heavy atom. The molecule has 1 N–H and O–H groups in total. The summed E-state index contributed by atoms with van der Waals surface area (Å²) >= 11 is 0. The molecule has 0 radical (unpaired) electrons. The molecule has 2 unspecified atom stereocenters. The summed E-state index contributed by atoms with van der Waals surface area (Å²) in [7, 11) is 1.80. The van der Waals surface area contributed by atoms with E-state index in [2.05, 4.69) is 37.1 Å². The van der Waals surface area contributed by atoms with Gasteiger partial charge in [0.1, 0.15) is 5.54 Å². The Kier molecular flexibility index (Phi) is 7.50. The fourth-order valence-electron chi connectivity index (χ4n) is 3.08. The van der Waals surface area contributed by atoms with Crippen molar-refractivity contribution in [2.75, 3.05) is 26.7 Å². The first-order valence-corrected chi connectivity index (χ1v) is 7.99. The Balaban J connectivity index is 2.39. The van der Waals surface area contributed by atoms with E-state index >= 15 is 0 Å². The number of nitriles is 1. The van der Waals surface area contributed by atoms with Gasteiger partial charge in [-0.15, -0.1) is 0 Å². The van der Waals surface area contributed by atoms with Gasteiger partial charge in [-0.05, 0) is 59.0 Å². The molecule has 1 fully saturated rings. The van der Waals surface area contributed by atoms with Gasteiger partial charge in [-0.1, -0.05) is 6.92 Å². The lowest BCUT2D eigenvalue weighted by Crippen LogP contribution is -2.48.